The molecule has 0 aliphatic rings. The molecule has 2 N–H and O–H groups in total. The van der Waals surface area contributed by atoms with Gasteiger partial charge in [-0.25, -0.2) is 0 Å². The third-order valence-corrected chi connectivity index (χ3v) is 3.33. The van der Waals surface area contributed by atoms with Crippen LogP contribution in [0.5, 0.6) is 0 Å². The van der Waals surface area contributed by atoms with Gasteiger partial charge in [0.15, 0.2) is 5.82 Å². The second-order valence-electron chi connectivity index (χ2n) is 5.08. The predicted octanol–water partition coefficient (Wildman–Crippen LogP) is 2.56. The molecule has 0 saturated heterocycles. The van der Waals surface area contributed by atoms with Crippen LogP contribution < -0.4 is 5.73 Å². The quantitative estimate of drug-likeness (QED) is 0.896. The maximum absolute atomic E-state index is 5.89. The first-order valence-corrected chi connectivity index (χ1v) is 6.71. The van der Waals surface area contributed by atoms with Crippen molar-refractivity contribution in [1.82, 2.24) is 10.1 Å². The number of aryl methyl sites for hydroxylation is 2. The molecule has 1 heterocycles. The molecule has 1 atom stereocenters. The van der Waals surface area contributed by atoms with E-state index in [-0.39, 0.29) is 6.04 Å². The lowest BCUT2D eigenvalue weighted by Gasteiger charge is -2.04. The van der Waals surface area contributed by atoms with Crippen molar-refractivity contribution in [3.05, 3.63) is 46.6 Å². The van der Waals surface area contributed by atoms with Crippen molar-refractivity contribution >= 4 is 0 Å². The van der Waals surface area contributed by atoms with Crippen molar-refractivity contribution in [3.63, 3.8) is 0 Å². The smallest absolute Gasteiger partial charge is 0.231 e. The van der Waals surface area contributed by atoms with Crippen molar-refractivity contribution in [2.24, 2.45) is 5.73 Å². The lowest BCUT2D eigenvalue weighted by molar-refractivity contribution is 0.377. The van der Waals surface area contributed by atoms with Gasteiger partial charge in [-0.1, -0.05) is 35.8 Å². The molecule has 0 spiro atoms. The Morgan fingerprint density at radius 1 is 1.32 bits per heavy atom. The van der Waals surface area contributed by atoms with Crippen LogP contribution in [-0.2, 0) is 12.8 Å². The molecule has 0 amide bonds. The third kappa shape index (κ3) is 3.64. The lowest BCUT2D eigenvalue weighted by atomic mass is 10.0. The Balaban J connectivity index is 2.09. The molecule has 1 unspecified atom stereocenters. The van der Waals surface area contributed by atoms with Crippen LogP contribution >= 0.6 is 0 Å². The van der Waals surface area contributed by atoms with E-state index in [0.717, 1.165) is 6.42 Å². The van der Waals surface area contributed by atoms with E-state index in [4.69, 9.17) is 10.3 Å². The van der Waals surface area contributed by atoms with Crippen LogP contribution in [-0.4, -0.2) is 16.2 Å². The molecule has 4 heteroatoms. The average molecular weight is 259 g/mol. The standard InChI is InChI=1S/C15H21N3O/c1-4-13(16)9-14-17-15(19-18-14)8-12-7-10(2)5-6-11(12)3/h5-7,13H,4,8-9,16H2,1-3H3. The molecule has 0 bridgehead atoms. The summed E-state index contributed by atoms with van der Waals surface area (Å²) in [5.74, 6) is 1.36. The van der Waals surface area contributed by atoms with Gasteiger partial charge in [0.1, 0.15) is 0 Å². The monoisotopic (exact) mass is 259 g/mol. The second kappa shape index (κ2) is 5.97. The number of aromatic nitrogens is 2. The van der Waals surface area contributed by atoms with Gasteiger partial charge in [-0.05, 0) is 31.4 Å². The van der Waals surface area contributed by atoms with Gasteiger partial charge >= 0.3 is 0 Å². The Labute approximate surface area is 114 Å². The summed E-state index contributed by atoms with van der Waals surface area (Å²) in [5, 5.41) is 3.99. The summed E-state index contributed by atoms with van der Waals surface area (Å²) in [6, 6.07) is 6.50. The fourth-order valence-electron chi connectivity index (χ4n) is 1.98. The van der Waals surface area contributed by atoms with Crippen LogP contribution in [0.15, 0.2) is 22.7 Å². The first kappa shape index (κ1) is 13.7. The topological polar surface area (TPSA) is 64.9 Å². The second-order valence-corrected chi connectivity index (χ2v) is 5.08. The molecule has 0 saturated carbocycles. The maximum atomic E-state index is 5.89. The van der Waals surface area contributed by atoms with E-state index in [1.54, 1.807) is 0 Å². The van der Waals surface area contributed by atoms with Crippen molar-refractivity contribution in [3.8, 4) is 0 Å². The predicted molar refractivity (Wildman–Crippen MR) is 75.0 cm³/mol. The van der Waals surface area contributed by atoms with Gasteiger partial charge in [0.2, 0.25) is 5.89 Å². The van der Waals surface area contributed by atoms with Gasteiger partial charge in [-0.3, -0.25) is 0 Å². The van der Waals surface area contributed by atoms with Crippen LogP contribution in [0.25, 0.3) is 0 Å². The largest absolute Gasteiger partial charge is 0.339 e. The third-order valence-electron chi connectivity index (χ3n) is 3.33. The molecule has 1 aromatic heterocycles. The summed E-state index contributed by atoms with van der Waals surface area (Å²) in [5.41, 5.74) is 9.61. The summed E-state index contributed by atoms with van der Waals surface area (Å²) in [4.78, 5) is 4.41. The number of nitrogens with two attached hydrogens (primary N) is 1. The first-order chi connectivity index (χ1) is 9.08. The highest BCUT2D eigenvalue weighted by molar-refractivity contribution is 5.32. The molecule has 102 valence electrons. The number of rotatable bonds is 5. The fraction of sp³-hybridized carbons (Fsp3) is 0.467. The number of nitrogens with zero attached hydrogens (tertiary/aromatic N) is 2. The lowest BCUT2D eigenvalue weighted by Crippen LogP contribution is -2.22. The SMILES string of the molecule is CCC(N)Cc1noc(Cc2cc(C)ccc2C)n1. The minimum Gasteiger partial charge on any atom is -0.339 e. The van der Waals surface area contributed by atoms with E-state index in [0.29, 0.717) is 24.6 Å². The number of benzene rings is 1. The van der Waals surface area contributed by atoms with E-state index in [9.17, 15) is 0 Å². The molecule has 19 heavy (non-hydrogen) atoms. The van der Waals surface area contributed by atoms with E-state index < -0.39 is 0 Å². The van der Waals surface area contributed by atoms with Gasteiger partial charge in [0.25, 0.3) is 0 Å². The summed E-state index contributed by atoms with van der Waals surface area (Å²) < 4.78 is 5.29. The molecular weight excluding hydrogens is 238 g/mol. The van der Waals surface area contributed by atoms with Gasteiger partial charge in [0.05, 0.1) is 6.42 Å². The van der Waals surface area contributed by atoms with Gasteiger partial charge < -0.3 is 10.3 Å². The van der Waals surface area contributed by atoms with Crippen LogP contribution in [0.4, 0.5) is 0 Å². The first-order valence-electron chi connectivity index (χ1n) is 6.71. The van der Waals surface area contributed by atoms with E-state index in [2.05, 4.69) is 49.1 Å². The minimum atomic E-state index is 0.103. The molecule has 2 rings (SSSR count). The van der Waals surface area contributed by atoms with Gasteiger partial charge in [-0.15, -0.1) is 0 Å². The molecular formula is C15H21N3O. The molecule has 0 aliphatic heterocycles. The summed E-state index contributed by atoms with van der Waals surface area (Å²) in [6.07, 6.45) is 2.27. The molecule has 0 fully saturated rings. The summed E-state index contributed by atoms with van der Waals surface area (Å²) in [6.45, 7) is 6.24. The van der Waals surface area contributed by atoms with Crippen molar-refractivity contribution < 1.29 is 4.52 Å². The molecule has 1 aromatic carbocycles. The number of hydrogen-bond donors (Lipinski definition) is 1. The van der Waals surface area contributed by atoms with Crippen molar-refractivity contribution in [1.29, 1.82) is 0 Å². The summed E-state index contributed by atoms with van der Waals surface area (Å²) >= 11 is 0. The van der Waals surface area contributed by atoms with Gasteiger partial charge in [-0.2, -0.15) is 4.98 Å². The van der Waals surface area contributed by atoms with E-state index >= 15 is 0 Å². The average Bonchev–Trinajstić information content (AvgIpc) is 2.81. The zero-order chi connectivity index (χ0) is 13.8. The van der Waals surface area contributed by atoms with Gasteiger partial charge in [0, 0.05) is 12.5 Å². The molecule has 2 aromatic rings. The Hall–Kier alpha value is -1.68. The molecule has 0 radical (unpaired) electrons. The van der Waals surface area contributed by atoms with E-state index in [1.165, 1.54) is 16.7 Å². The van der Waals surface area contributed by atoms with Crippen molar-refractivity contribution in [2.75, 3.05) is 0 Å². The Kier molecular flexibility index (Phi) is 4.32. The van der Waals surface area contributed by atoms with Crippen LogP contribution in [0.2, 0.25) is 0 Å². The number of hydrogen-bond acceptors (Lipinski definition) is 4. The normalized spacial score (nSPS) is 12.6. The Bertz CT molecular complexity index is 548. The highest BCUT2D eigenvalue weighted by Gasteiger charge is 2.11. The highest BCUT2D eigenvalue weighted by atomic mass is 16.5. The summed E-state index contributed by atoms with van der Waals surface area (Å²) in [7, 11) is 0. The van der Waals surface area contributed by atoms with Crippen LogP contribution in [0, 0.1) is 13.8 Å². The van der Waals surface area contributed by atoms with Crippen molar-refractivity contribution in [2.45, 2.75) is 46.1 Å². The fourth-order valence-corrected chi connectivity index (χ4v) is 1.98. The zero-order valence-corrected chi connectivity index (χ0v) is 11.8. The minimum absolute atomic E-state index is 0.103. The molecule has 0 aliphatic carbocycles. The maximum Gasteiger partial charge on any atom is 0.231 e. The zero-order valence-electron chi connectivity index (χ0n) is 11.8. The molecule has 4 nitrogen and oxygen atoms in total. The highest BCUT2D eigenvalue weighted by Crippen LogP contribution is 2.15. The van der Waals surface area contributed by atoms with E-state index in [1.807, 2.05) is 0 Å². The van der Waals surface area contributed by atoms with Crippen LogP contribution in [0.1, 0.15) is 41.8 Å². The Morgan fingerprint density at radius 3 is 2.84 bits per heavy atom. The van der Waals surface area contributed by atoms with Crippen LogP contribution in [0.3, 0.4) is 0 Å². The Morgan fingerprint density at radius 2 is 2.11 bits per heavy atom.